The minimum absolute atomic E-state index is 0.191. The Kier molecular flexibility index (Phi) is 7.68. The zero-order valence-corrected chi connectivity index (χ0v) is 15.5. The molecule has 0 amide bonds. The van der Waals surface area contributed by atoms with Gasteiger partial charge in [-0.15, -0.1) is 0 Å². The first kappa shape index (κ1) is 19.1. The van der Waals surface area contributed by atoms with Crippen molar-refractivity contribution in [2.45, 2.75) is 50.2 Å². The smallest absolute Gasteiger partial charge is 0.0897 e. The van der Waals surface area contributed by atoms with Crippen LogP contribution in [0.3, 0.4) is 0 Å². The van der Waals surface area contributed by atoms with Gasteiger partial charge in [0.2, 0.25) is 0 Å². The summed E-state index contributed by atoms with van der Waals surface area (Å²) in [5.41, 5.74) is 2.49. The van der Waals surface area contributed by atoms with Crippen molar-refractivity contribution >= 4 is 0 Å². The van der Waals surface area contributed by atoms with Crippen molar-refractivity contribution in [1.29, 1.82) is 0 Å². The molecule has 2 N–H and O–H groups in total. The second-order valence-corrected chi connectivity index (χ2v) is 7.31. The summed E-state index contributed by atoms with van der Waals surface area (Å²) in [4.78, 5) is 0. The van der Waals surface area contributed by atoms with Crippen molar-refractivity contribution in [3.63, 3.8) is 0 Å². The van der Waals surface area contributed by atoms with E-state index in [0.717, 1.165) is 0 Å². The fourth-order valence-electron chi connectivity index (χ4n) is 3.75. The van der Waals surface area contributed by atoms with E-state index in [9.17, 15) is 5.11 Å². The predicted octanol–water partition coefficient (Wildman–Crippen LogP) is 4.12. The minimum atomic E-state index is -0.455. The lowest BCUT2D eigenvalue weighted by atomic mass is 9.92. The van der Waals surface area contributed by atoms with E-state index in [4.69, 9.17) is 4.74 Å². The number of nitrogens with one attached hydrogen (secondary N) is 1. The van der Waals surface area contributed by atoms with Crippen molar-refractivity contribution in [2.24, 2.45) is 0 Å². The Bertz CT molecular complexity index is 571. The Hall–Kier alpha value is -1.68. The number of benzene rings is 2. The van der Waals surface area contributed by atoms with Gasteiger partial charge in [-0.1, -0.05) is 79.9 Å². The topological polar surface area (TPSA) is 41.5 Å². The average molecular weight is 354 g/mol. The number of hydrogen-bond donors (Lipinski definition) is 2. The van der Waals surface area contributed by atoms with E-state index in [1.807, 2.05) is 12.1 Å². The summed E-state index contributed by atoms with van der Waals surface area (Å²) in [5, 5.41) is 13.7. The molecule has 3 heteroatoms. The highest BCUT2D eigenvalue weighted by atomic mass is 16.5. The third-order valence-electron chi connectivity index (χ3n) is 5.25. The summed E-state index contributed by atoms with van der Waals surface area (Å²) in [7, 11) is 0. The largest absolute Gasteiger partial charge is 0.389 e. The number of aliphatic hydroxyl groups excluding tert-OH is 1. The molecule has 1 unspecified atom stereocenters. The van der Waals surface area contributed by atoms with Crippen molar-refractivity contribution in [3.05, 3.63) is 71.8 Å². The summed E-state index contributed by atoms with van der Waals surface area (Å²) >= 11 is 0. The van der Waals surface area contributed by atoms with Crippen LogP contribution >= 0.6 is 0 Å². The van der Waals surface area contributed by atoms with Gasteiger partial charge in [0, 0.05) is 18.5 Å². The van der Waals surface area contributed by atoms with Gasteiger partial charge in [-0.2, -0.15) is 0 Å². The van der Waals surface area contributed by atoms with E-state index in [0.29, 0.717) is 25.8 Å². The number of aliphatic hydroxyl groups is 1. The first-order chi connectivity index (χ1) is 12.8. The molecule has 1 aliphatic carbocycles. The highest BCUT2D eigenvalue weighted by Crippen LogP contribution is 2.24. The van der Waals surface area contributed by atoms with E-state index < -0.39 is 6.10 Å². The Balaban J connectivity index is 1.48. The minimum Gasteiger partial charge on any atom is -0.389 e. The maximum Gasteiger partial charge on any atom is 0.0897 e. The molecule has 0 spiro atoms. The van der Waals surface area contributed by atoms with Gasteiger partial charge in [0.1, 0.15) is 0 Å². The van der Waals surface area contributed by atoms with Crippen molar-refractivity contribution in [3.8, 4) is 0 Å². The normalized spacial score (nSPS) is 16.7. The third-order valence-corrected chi connectivity index (χ3v) is 5.25. The lowest BCUT2D eigenvalue weighted by molar-refractivity contribution is 0.0321. The second-order valence-electron chi connectivity index (χ2n) is 7.31. The number of hydrogen-bond acceptors (Lipinski definition) is 3. The summed E-state index contributed by atoms with van der Waals surface area (Å²) in [6.45, 7) is 1.57. The summed E-state index contributed by atoms with van der Waals surface area (Å²) < 4.78 is 5.92. The lowest BCUT2D eigenvalue weighted by Crippen LogP contribution is -2.38. The molecule has 1 saturated carbocycles. The molecule has 0 heterocycles. The average Bonchev–Trinajstić information content (AvgIpc) is 2.72. The van der Waals surface area contributed by atoms with Crippen LogP contribution in [0.15, 0.2) is 60.7 Å². The highest BCUT2D eigenvalue weighted by molar-refractivity contribution is 5.32. The van der Waals surface area contributed by atoms with Crippen LogP contribution in [0.2, 0.25) is 0 Å². The molecule has 0 radical (unpaired) electrons. The SMILES string of the molecule is OC(CNC1CCCCC1)COCC(c1ccccc1)c1ccccc1. The summed E-state index contributed by atoms with van der Waals surface area (Å²) in [5.74, 6) is 0.191. The van der Waals surface area contributed by atoms with Crippen LogP contribution in [0.4, 0.5) is 0 Å². The van der Waals surface area contributed by atoms with Gasteiger partial charge in [0.05, 0.1) is 19.3 Å². The van der Waals surface area contributed by atoms with Crippen LogP contribution < -0.4 is 5.32 Å². The molecule has 0 bridgehead atoms. The van der Waals surface area contributed by atoms with Gasteiger partial charge in [0.15, 0.2) is 0 Å². The van der Waals surface area contributed by atoms with Crippen LogP contribution in [0.25, 0.3) is 0 Å². The van der Waals surface area contributed by atoms with Crippen molar-refractivity contribution in [2.75, 3.05) is 19.8 Å². The molecule has 0 aromatic heterocycles. The molecule has 26 heavy (non-hydrogen) atoms. The monoisotopic (exact) mass is 353 g/mol. The van der Waals surface area contributed by atoms with E-state index in [-0.39, 0.29) is 5.92 Å². The highest BCUT2D eigenvalue weighted by Gasteiger charge is 2.17. The van der Waals surface area contributed by atoms with E-state index in [1.54, 1.807) is 0 Å². The molecule has 2 aromatic rings. The third kappa shape index (κ3) is 5.94. The Morgan fingerprint density at radius 2 is 1.42 bits per heavy atom. The Morgan fingerprint density at radius 1 is 0.846 bits per heavy atom. The maximum atomic E-state index is 10.2. The van der Waals surface area contributed by atoms with Gasteiger partial charge in [-0.25, -0.2) is 0 Å². The molecular weight excluding hydrogens is 322 g/mol. The van der Waals surface area contributed by atoms with Crippen LogP contribution in [0.1, 0.15) is 49.1 Å². The molecule has 2 aromatic carbocycles. The first-order valence-corrected chi connectivity index (χ1v) is 9.92. The van der Waals surface area contributed by atoms with Gasteiger partial charge >= 0.3 is 0 Å². The molecule has 0 aliphatic heterocycles. The zero-order chi connectivity index (χ0) is 18.0. The summed E-state index contributed by atoms with van der Waals surface area (Å²) in [6, 6.07) is 21.5. The predicted molar refractivity (Wildman–Crippen MR) is 106 cm³/mol. The molecule has 1 fully saturated rings. The zero-order valence-electron chi connectivity index (χ0n) is 15.5. The lowest BCUT2D eigenvalue weighted by Gasteiger charge is -2.24. The van der Waals surface area contributed by atoms with E-state index in [1.165, 1.54) is 43.2 Å². The molecule has 3 rings (SSSR count). The van der Waals surface area contributed by atoms with Crippen molar-refractivity contribution in [1.82, 2.24) is 5.32 Å². The van der Waals surface area contributed by atoms with Crippen LogP contribution in [-0.2, 0) is 4.74 Å². The summed E-state index contributed by atoms with van der Waals surface area (Å²) in [6.07, 6.45) is 5.98. The molecular formula is C23H31NO2. The number of rotatable bonds is 9. The molecule has 3 nitrogen and oxygen atoms in total. The standard InChI is InChI=1S/C23H31NO2/c25-22(16-24-21-14-8-3-9-15-21)17-26-18-23(19-10-4-1-5-11-19)20-12-6-2-7-13-20/h1-2,4-7,10-13,21-25H,3,8-9,14-18H2. The van der Waals surface area contributed by atoms with E-state index in [2.05, 4.69) is 53.8 Å². The quantitative estimate of drug-likeness (QED) is 0.712. The number of ether oxygens (including phenoxy) is 1. The van der Waals surface area contributed by atoms with Gasteiger partial charge in [-0.05, 0) is 24.0 Å². The van der Waals surface area contributed by atoms with Crippen LogP contribution in [-0.4, -0.2) is 37.0 Å². The first-order valence-electron chi connectivity index (χ1n) is 9.92. The van der Waals surface area contributed by atoms with Gasteiger partial charge in [0.25, 0.3) is 0 Å². The fraction of sp³-hybridized carbons (Fsp3) is 0.478. The molecule has 0 saturated heterocycles. The van der Waals surface area contributed by atoms with Gasteiger partial charge < -0.3 is 15.2 Å². The van der Waals surface area contributed by atoms with Gasteiger partial charge in [-0.3, -0.25) is 0 Å². The molecule has 1 atom stereocenters. The van der Waals surface area contributed by atoms with Crippen molar-refractivity contribution < 1.29 is 9.84 Å². The Labute approximate surface area is 157 Å². The molecule has 1 aliphatic rings. The van der Waals surface area contributed by atoms with Crippen LogP contribution in [0, 0.1) is 0 Å². The Morgan fingerprint density at radius 3 is 2.00 bits per heavy atom. The second kappa shape index (κ2) is 10.5. The van der Waals surface area contributed by atoms with E-state index >= 15 is 0 Å². The fourth-order valence-corrected chi connectivity index (χ4v) is 3.75. The maximum absolute atomic E-state index is 10.2. The molecule has 140 valence electrons. The van der Waals surface area contributed by atoms with Crippen LogP contribution in [0.5, 0.6) is 0 Å².